The molecule has 1 aromatic rings. The van der Waals surface area contributed by atoms with E-state index in [-0.39, 0.29) is 17.5 Å². The van der Waals surface area contributed by atoms with Crippen molar-refractivity contribution in [2.24, 2.45) is 5.92 Å². The van der Waals surface area contributed by atoms with Crippen molar-refractivity contribution in [2.45, 2.75) is 46.1 Å². The lowest BCUT2D eigenvalue weighted by atomic mass is 10.0. The zero-order chi connectivity index (χ0) is 18.4. The third-order valence-corrected chi connectivity index (χ3v) is 4.82. The van der Waals surface area contributed by atoms with Gasteiger partial charge in [-0.1, -0.05) is 49.8 Å². The maximum atomic E-state index is 12.2. The van der Waals surface area contributed by atoms with Crippen molar-refractivity contribution in [3.63, 3.8) is 0 Å². The van der Waals surface area contributed by atoms with E-state index in [2.05, 4.69) is 39.0 Å². The number of carbonyl (C=O) groups excluding carboxylic acids is 1. The molecule has 0 aliphatic carbocycles. The lowest BCUT2D eigenvalue weighted by Gasteiger charge is -2.22. The first kappa shape index (κ1) is 19.0. The van der Waals surface area contributed by atoms with Gasteiger partial charge >= 0.3 is 5.97 Å². The molecule has 0 spiro atoms. The van der Waals surface area contributed by atoms with Gasteiger partial charge in [0.2, 0.25) is 5.91 Å². The zero-order valence-electron chi connectivity index (χ0n) is 15.2. The Balaban J connectivity index is 1.96. The summed E-state index contributed by atoms with van der Waals surface area (Å²) < 4.78 is 0. The summed E-state index contributed by atoms with van der Waals surface area (Å²) in [7, 11) is 0. The first-order valence-electron chi connectivity index (χ1n) is 8.85. The Morgan fingerprint density at radius 3 is 2.60 bits per heavy atom. The monoisotopic (exact) mass is 341 g/mol. The molecule has 0 aromatic heterocycles. The van der Waals surface area contributed by atoms with Gasteiger partial charge in [-0.2, -0.15) is 0 Å². The van der Waals surface area contributed by atoms with Gasteiger partial charge in [-0.3, -0.25) is 4.79 Å². The molecule has 1 aliphatic rings. The quantitative estimate of drug-likeness (QED) is 0.760. The number of carboxylic acids is 1. The number of rotatable bonds is 7. The summed E-state index contributed by atoms with van der Waals surface area (Å²) in [5, 5.41) is 8.94. The summed E-state index contributed by atoms with van der Waals surface area (Å²) >= 11 is 0. The van der Waals surface area contributed by atoms with E-state index >= 15 is 0 Å². The second-order valence-electron chi connectivity index (χ2n) is 6.90. The van der Waals surface area contributed by atoms with E-state index in [9.17, 15) is 9.59 Å². The molecule has 0 radical (unpaired) electrons. The minimum absolute atomic E-state index is 0.155. The molecule has 1 heterocycles. The fourth-order valence-electron chi connectivity index (χ4n) is 2.84. The van der Waals surface area contributed by atoms with Crippen LogP contribution in [-0.4, -0.2) is 34.5 Å². The molecule has 0 bridgehead atoms. The van der Waals surface area contributed by atoms with E-state index in [1.54, 1.807) is 12.1 Å². The number of allylic oxidation sites excluding steroid dienone is 3. The van der Waals surface area contributed by atoms with E-state index in [1.165, 1.54) is 5.57 Å². The van der Waals surface area contributed by atoms with Gasteiger partial charge in [0.1, 0.15) is 0 Å². The van der Waals surface area contributed by atoms with Gasteiger partial charge < -0.3 is 10.0 Å². The molecule has 0 unspecified atom stereocenters. The van der Waals surface area contributed by atoms with Gasteiger partial charge in [0, 0.05) is 13.0 Å². The highest BCUT2D eigenvalue weighted by atomic mass is 16.4. The fraction of sp³-hybridized carbons (Fsp3) is 0.429. The number of benzene rings is 1. The number of nitrogens with zero attached hydrogens (tertiary/aromatic N) is 1. The van der Waals surface area contributed by atoms with E-state index < -0.39 is 5.97 Å². The molecule has 134 valence electrons. The van der Waals surface area contributed by atoms with Crippen LogP contribution in [0.4, 0.5) is 0 Å². The van der Waals surface area contributed by atoms with E-state index in [0.717, 1.165) is 18.4 Å². The largest absolute Gasteiger partial charge is 0.478 e. The second-order valence-corrected chi connectivity index (χ2v) is 6.90. The molecule has 1 saturated heterocycles. The molecule has 1 aromatic carbocycles. The Labute approximate surface area is 149 Å². The van der Waals surface area contributed by atoms with Gasteiger partial charge in [-0.15, -0.1) is 0 Å². The van der Waals surface area contributed by atoms with E-state index in [1.807, 2.05) is 17.0 Å². The van der Waals surface area contributed by atoms with Gasteiger partial charge in [0.05, 0.1) is 11.6 Å². The van der Waals surface area contributed by atoms with E-state index in [0.29, 0.717) is 18.9 Å². The molecule has 0 saturated carbocycles. The maximum absolute atomic E-state index is 12.2. The van der Waals surface area contributed by atoms with Crippen LogP contribution in [0.2, 0.25) is 0 Å². The maximum Gasteiger partial charge on any atom is 0.335 e. The van der Waals surface area contributed by atoms with Crippen LogP contribution in [0.1, 0.15) is 49.5 Å². The van der Waals surface area contributed by atoms with Crippen LogP contribution < -0.4 is 0 Å². The van der Waals surface area contributed by atoms with Crippen LogP contribution in [0.5, 0.6) is 0 Å². The van der Waals surface area contributed by atoms with Crippen molar-refractivity contribution in [3.8, 4) is 0 Å². The summed E-state index contributed by atoms with van der Waals surface area (Å²) in [6, 6.07) is 7.02. The highest BCUT2D eigenvalue weighted by molar-refractivity contribution is 5.87. The Kier molecular flexibility index (Phi) is 6.57. The minimum Gasteiger partial charge on any atom is -0.478 e. The van der Waals surface area contributed by atoms with Crippen molar-refractivity contribution in [1.29, 1.82) is 0 Å². The Morgan fingerprint density at radius 2 is 2.00 bits per heavy atom. The molecule has 1 aliphatic heterocycles. The lowest BCUT2D eigenvalue weighted by Crippen LogP contribution is -2.33. The first-order chi connectivity index (χ1) is 11.9. The van der Waals surface area contributed by atoms with Crippen molar-refractivity contribution in [2.75, 3.05) is 6.54 Å². The number of amides is 1. The molecule has 1 amide bonds. The van der Waals surface area contributed by atoms with Gasteiger partial charge in [-0.05, 0) is 43.4 Å². The predicted octanol–water partition coefficient (Wildman–Crippen LogP) is 4.08. The Hall–Kier alpha value is -2.36. The number of hydrogen-bond acceptors (Lipinski definition) is 2. The average Bonchev–Trinajstić information content (AvgIpc) is 2.93. The van der Waals surface area contributed by atoms with Crippen LogP contribution in [0.15, 0.2) is 48.1 Å². The van der Waals surface area contributed by atoms with Gasteiger partial charge in [0.25, 0.3) is 0 Å². The van der Waals surface area contributed by atoms with Crippen molar-refractivity contribution in [1.82, 2.24) is 4.90 Å². The van der Waals surface area contributed by atoms with Crippen molar-refractivity contribution < 1.29 is 14.7 Å². The average molecular weight is 341 g/mol. The summed E-state index contributed by atoms with van der Waals surface area (Å²) in [6.45, 7) is 7.11. The lowest BCUT2D eigenvalue weighted by molar-refractivity contribution is -0.128. The highest BCUT2D eigenvalue weighted by Crippen LogP contribution is 2.21. The smallest absolute Gasteiger partial charge is 0.335 e. The number of likely N-dealkylation sites (tertiary alicyclic amines) is 1. The van der Waals surface area contributed by atoms with E-state index in [4.69, 9.17) is 5.11 Å². The summed E-state index contributed by atoms with van der Waals surface area (Å²) in [6.07, 6.45) is 8.49. The van der Waals surface area contributed by atoms with Gasteiger partial charge in [0.15, 0.2) is 0 Å². The van der Waals surface area contributed by atoms with Crippen LogP contribution >= 0.6 is 0 Å². The minimum atomic E-state index is -0.920. The van der Waals surface area contributed by atoms with Crippen LogP contribution in [-0.2, 0) is 11.2 Å². The van der Waals surface area contributed by atoms with Crippen LogP contribution in [0, 0.1) is 5.92 Å². The Bertz CT molecular complexity index is 671. The first-order valence-corrected chi connectivity index (χ1v) is 8.85. The summed E-state index contributed by atoms with van der Waals surface area (Å²) in [4.78, 5) is 25.0. The molecule has 1 atom stereocenters. The van der Waals surface area contributed by atoms with Crippen LogP contribution in [0.25, 0.3) is 0 Å². The molecule has 25 heavy (non-hydrogen) atoms. The van der Waals surface area contributed by atoms with Crippen molar-refractivity contribution in [3.05, 3.63) is 59.2 Å². The van der Waals surface area contributed by atoms with Crippen LogP contribution in [0.3, 0.4) is 0 Å². The van der Waals surface area contributed by atoms with Gasteiger partial charge in [-0.25, -0.2) is 4.79 Å². The molecular weight excluding hydrogens is 314 g/mol. The molecular formula is C21H27NO3. The Morgan fingerprint density at radius 1 is 1.32 bits per heavy atom. The molecule has 2 rings (SSSR count). The number of carboxylic acid groups (broad SMARTS) is 1. The number of hydrogen-bond donors (Lipinski definition) is 1. The topological polar surface area (TPSA) is 57.6 Å². The third-order valence-electron chi connectivity index (χ3n) is 4.82. The predicted molar refractivity (Wildman–Crippen MR) is 99.6 cm³/mol. The fourth-order valence-corrected chi connectivity index (χ4v) is 2.84. The standard InChI is InChI=1S/C21H27NO3/c1-15(2)16(3)5-4-6-19-11-12-20(23)22(19)14-13-17-7-9-18(10-8-17)21(24)25/h4-10,15,19H,11-14H2,1-3H3,(H,24,25)/b6-4-,16-5+/t19-/m0/s1. The van der Waals surface area contributed by atoms with Crippen molar-refractivity contribution >= 4 is 11.9 Å². The highest BCUT2D eigenvalue weighted by Gasteiger charge is 2.28. The molecule has 1 fully saturated rings. The molecule has 4 heteroatoms. The summed E-state index contributed by atoms with van der Waals surface area (Å²) in [5.41, 5.74) is 2.66. The zero-order valence-corrected chi connectivity index (χ0v) is 15.2. The normalized spacial score (nSPS) is 18.6. The number of carbonyl (C=O) groups is 2. The SMILES string of the molecule is C/C(=C\C=C/[C@H]1CCC(=O)N1CCc1ccc(C(=O)O)cc1)C(C)C. The summed E-state index contributed by atoms with van der Waals surface area (Å²) in [5.74, 6) is -0.197. The molecule has 4 nitrogen and oxygen atoms in total. The number of aromatic carboxylic acids is 1. The second kappa shape index (κ2) is 8.65. The third kappa shape index (κ3) is 5.31. The molecule has 1 N–H and O–H groups in total.